The molecule has 0 heterocycles. The molecule has 202 valence electrons. The van der Waals surface area contributed by atoms with Crippen molar-refractivity contribution in [1.82, 2.24) is 0 Å². The van der Waals surface area contributed by atoms with Crippen molar-refractivity contribution in [3.8, 4) is 12.3 Å². The maximum absolute atomic E-state index is 13.3. The van der Waals surface area contributed by atoms with Gasteiger partial charge in [-0.3, -0.25) is 4.79 Å². The number of aryl methyl sites for hydroxylation is 1. The standard InChI is InChI=1S/C31H34F3NO3/c1-6-16-38-35-27(20-8-11-22(12-9-20)31(32,33)34)24-18-25-21(17-23(24)19(2)3)10-13-26-29(25,4)14-7-15-30(26,5)28(36)37/h1,8-9,11-12,17-19,26H,7,10,13-16H2,2-5H3,(H,36,37)/t26-,29-,30-/m1/s1. The highest BCUT2D eigenvalue weighted by molar-refractivity contribution is 6.13. The second-order valence-corrected chi connectivity index (χ2v) is 11.3. The van der Waals surface area contributed by atoms with E-state index in [2.05, 4.69) is 44.0 Å². The van der Waals surface area contributed by atoms with Crippen molar-refractivity contribution in [2.45, 2.75) is 77.3 Å². The van der Waals surface area contributed by atoms with Crippen LogP contribution in [0.3, 0.4) is 0 Å². The second-order valence-electron chi connectivity index (χ2n) is 11.3. The molecule has 2 aromatic rings. The molecule has 0 spiro atoms. The summed E-state index contributed by atoms with van der Waals surface area (Å²) in [5, 5.41) is 14.5. The van der Waals surface area contributed by atoms with Gasteiger partial charge in [0.15, 0.2) is 6.61 Å². The number of benzene rings is 2. The van der Waals surface area contributed by atoms with E-state index in [1.807, 2.05) is 6.92 Å². The van der Waals surface area contributed by atoms with Gasteiger partial charge < -0.3 is 9.94 Å². The highest BCUT2D eigenvalue weighted by Gasteiger charge is 2.55. The third-order valence-electron chi connectivity index (χ3n) is 8.68. The Hall–Kier alpha value is -3.27. The smallest absolute Gasteiger partial charge is 0.416 e. The molecule has 0 aromatic heterocycles. The quantitative estimate of drug-likeness (QED) is 0.186. The number of carboxylic acid groups (broad SMARTS) is 1. The van der Waals surface area contributed by atoms with Gasteiger partial charge in [-0.05, 0) is 84.7 Å². The molecular formula is C31H34F3NO3. The fraction of sp³-hybridized carbons (Fsp3) is 0.484. The molecule has 7 heteroatoms. The minimum atomic E-state index is -4.45. The first-order valence-electron chi connectivity index (χ1n) is 13.0. The first-order valence-corrected chi connectivity index (χ1v) is 13.0. The molecule has 0 aliphatic heterocycles. The van der Waals surface area contributed by atoms with Gasteiger partial charge in [0.25, 0.3) is 0 Å². The summed E-state index contributed by atoms with van der Waals surface area (Å²) < 4.78 is 39.8. The lowest BCUT2D eigenvalue weighted by molar-refractivity contribution is -0.157. The van der Waals surface area contributed by atoms with Gasteiger partial charge in [0.2, 0.25) is 0 Å². The van der Waals surface area contributed by atoms with E-state index in [4.69, 9.17) is 11.3 Å². The number of nitrogens with zero attached hydrogens (tertiary/aromatic N) is 1. The number of fused-ring (bicyclic) bond motifs is 3. The summed E-state index contributed by atoms with van der Waals surface area (Å²) in [5.41, 5.74) is 3.03. The number of oxime groups is 1. The predicted molar refractivity (Wildman–Crippen MR) is 141 cm³/mol. The zero-order valence-electron chi connectivity index (χ0n) is 22.3. The fourth-order valence-corrected chi connectivity index (χ4v) is 6.68. The Morgan fingerprint density at radius 2 is 1.89 bits per heavy atom. The monoisotopic (exact) mass is 525 g/mol. The first kappa shape index (κ1) is 27.8. The van der Waals surface area contributed by atoms with Crippen molar-refractivity contribution in [3.63, 3.8) is 0 Å². The summed E-state index contributed by atoms with van der Waals surface area (Å²) >= 11 is 0. The van der Waals surface area contributed by atoms with Gasteiger partial charge in [0.05, 0.1) is 11.0 Å². The molecule has 4 rings (SSSR count). The lowest BCUT2D eigenvalue weighted by atomic mass is 9.49. The largest absolute Gasteiger partial charge is 0.481 e. The molecule has 1 fully saturated rings. The molecular weight excluding hydrogens is 491 g/mol. The molecule has 2 aliphatic rings. The predicted octanol–water partition coefficient (Wildman–Crippen LogP) is 7.33. The topological polar surface area (TPSA) is 58.9 Å². The van der Waals surface area contributed by atoms with Gasteiger partial charge in [-0.2, -0.15) is 13.2 Å². The molecule has 0 saturated heterocycles. The lowest BCUT2D eigenvalue weighted by Crippen LogP contribution is -2.52. The maximum Gasteiger partial charge on any atom is 0.416 e. The van der Waals surface area contributed by atoms with Crippen molar-refractivity contribution in [1.29, 1.82) is 0 Å². The van der Waals surface area contributed by atoms with Gasteiger partial charge in [0.1, 0.15) is 5.71 Å². The van der Waals surface area contributed by atoms with Gasteiger partial charge in [-0.15, -0.1) is 6.42 Å². The van der Waals surface area contributed by atoms with E-state index >= 15 is 0 Å². The summed E-state index contributed by atoms with van der Waals surface area (Å²) in [6, 6.07) is 9.13. The summed E-state index contributed by atoms with van der Waals surface area (Å²) in [6.45, 7) is 8.08. The first-order chi connectivity index (χ1) is 17.8. The minimum absolute atomic E-state index is 0.0318. The van der Waals surface area contributed by atoms with Crippen molar-refractivity contribution in [3.05, 3.63) is 69.8 Å². The van der Waals surface area contributed by atoms with Crippen molar-refractivity contribution in [2.24, 2.45) is 16.5 Å². The van der Waals surface area contributed by atoms with Crippen molar-refractivity contribution < 1.29 is 27.9 Å². The second kappa shape index (κ2) is 10.1. The zero-order valence-corrected chi connectivity index (χ0v) is 22.3. The molecule has 4 nitrogen and oxygen atoms in total. The van der Waals surface area contributed by atoms with E-state index in [9.17, 15) is 23.1 Å². The lowest BCUT2D eigenvalue weighted by Gasteiger charge is -2.53. The number of rotatable bonds is 6. The number of hydrogen-bond acceptors (Lipinski definition) is 3. The van der Waals surface area contributed by atoms with Crippen LogP contribution in [-0.2, 0) is 27.6 Å². The number of terminal acetylenes is 1. The Balaban J connectivity index is 1.91. The van der Waals surface area contributed by atoms with Crippen LogP contribution in [0.1, 0.15) is 92.7 Å². The van der Waals surface area contributed by atoms with Crippen molar-refractivity contribution in [2.75, 3.05) is 6.61 Å². The number of carbonyl (C=O) groups is 1. The molecule has 0 amide bonds. The SMILES string of the molecule is C#CCON=C(c1ccc(C(F)(F)F)cc1)c1cc2c(cc1C(C)C)CC[C@H]1[C@](C)(C(=O)O)CCC[C@]21C. The van der Waals surface area contributed by atoms with Crippen LogP contribution >= 0.6 is 0 Å². The van der Waals surface area contributed by atoms with E-state index in [1.165, 1.54) is 17.7 Å². The van der Waals surface area contributed by atoms with E-state index in [0.29, 0.717) is 17.7 Å². The molecule has 2 aromatic carbocycles. The highest BCUT2D eigenvalue weighted by Crippen LogP contribution is 2.57. The molecule has 0 bridgehead atoms. The number of aliphatic carboxylic acids is 1. The van der Waals surface area contributed by atoms with Crippen LogP contribution in [-0.4, -0.2) is 23.4 Å². The zero-order chi connectivity index (χ0) is 27.9. The maximum atomic E-state index is 13.3. The minimum Gasteiger partial charge on any atom is -0.481 e. The van der Waals surface area contributed by atoms with E-state index in [1.54, 1.807) is 0 Å². The summed E-state index contributed by atoms with van der Waals surface area (Å²) in [6.07, 6.45) is 4.80. The summed E-state index contributed by atoms with van der Waals surface area (Å²) in [7, 11) is 0. The van der Waals surface area contributed by atoms with Crippen molar-refractivity contribution >= 4 is 11.7 Å². The Morgan fingerprint density at radius 3 is 2.47 bits per heavy atom. The average molecular weight is 526 g/mol. The van der Waals surface area contributed by atoms with Gasteiger partial charge >= 0.3 is 12.1 Å². The van der Waals surface area contributed by atoms with Crippen LogP contribution in [0.2, 0.25) is 0 Å². The van der Waals surface area contributed by atoms with Crippen LogP contribution in [0.4, 0.5) is 13.2 Å². The van der Waals surface area contributed by atoms with Crippen LogP contribution in [0.25, 0.3) is 0 Å². The van der Waals surface area contributed by atoms with Crippen LogP contribution < -0.4 is 0 Å². The van der Waals surface area contributed by atoms with E-state index in [0.717, 1.165) is 54.5 Å². The van der Waals surface area contributed by atoms with Gasteiger partial charge in [-0.25, -0.2) is 0 Å². The van der Waals surface area contributed by atoms with E-state index in [-0.39, 0.29) is 23.9 Å². The molecule has 38 heavy (non-hydrogen) atoms. The highest BCUT2D eigenvalue weighted by atomic mass is 19.4. The van der Waals surface area contributed by atoms with Gasteiger partial charge in [0, 0.05) is 11.1 Å². The molecule has 2 aliphatic carbocycles. The Kier molecular flexibility index (Phi) is 7.40. The molecule has 1 N–H and O–H groups in total. The Bertz CT molecular complexity index is 1290. The van der Waals surface area contributed by atoms with E-state index < -0.39 is 23.1 Å². The third kappa shape index (κ3) is 4.81. The Morgan fingerprint density at radius 1 is 1.21 bits per heavy atom. The normalized spacial score (nSPS) is 25.3. The molecule has 3 atom stereocenters. The summed E-state index contributed by atoms with van der Waals surface area (Å²) in [5.74, 6) is 1.68. The third-order valence-corrected chi connectivity index (χ3v) is 8.68. The summed E-state index contributed by atoms with van der Waals surface area (Å²) in [4.78, 5) is 17.8. The van der Waals surface area contributed by atoms with Crippen LogP contribution in [0.15, 0.2) is 41.6 Å². The number of halogens is 3. The fourth-order valence-electron chi connectivity index (χ4n) is 6.68. The number of hydrogen-bond donors (Lipinski definition) is 1. The Labute approximate surface area is 222 Å². The molecule has 1 saturated carbocycles. The van der Waals surface area contributed by atoms with Crippen LogP contribution in [0, 0.1) is 23.7 Å². The molecule has 0 radical (unpaired) electrons. The molecule has 0 unspecified atom stereocenters. The number of alkyl halides is 3. The van der Waals surface area contributed by atoms with Gasteiger partial charge in [-0.1, -0.05) is 56.5 Å². The van der Waals surface area contributed by atoms with Crippen LogP contribution in [0.5, 0.6) is 0 Å². The number of carboxylic acids is 1. The average Bonchev–Trinajstić information content (AvgIpc) is 2.85.